The molecule has 4 aromatic rings. The first-order valence-corrected chi connectivity index (χ1v) is 14.0. The summed E-state index contributed by atoms with van der Waals surface area (Å²) in [7, 11) is 0. The molecule has 0 saturated carbocycles. The van der Waals surface area contributed by atoms with Crippen LogP contribution in [0.3, 0.4) is 0 Å². The first kappa shape index (κ1) is 29.7. The highest BCUT2D eigenvalue weighted by atomic mass is 16.6. The van der Waals surface area contributed by atoms with Crippen molar-refractivity contribution in [3.8, 4) is 0 Å². The molecule has 2 N–H and O–H groups in total. The van der Waals surface area contributed by atoms with E-state index in [1.54, 1.807) is 6.92 Å². The van der Waals surface area contributed by atoms with Crippen molar-refractivity contribution in [2.75, 3.05) is 6.61 Å². The molecule has 10 heteroatoms. The fourth-order valence-corrected chi connectivity index (χ4v) is 5.36. The first-order valence-electron chi connectivity index (χ1n) is 14.0. The predicted molar refractivity (Wildman–Crippen MR) is 156 cm³/mol. The van der Waals surface area contributed by atoms with E-state index in [-0.39, 0.29) is 25.9 Å². The van der Waals surface area contributed by atoms with Crippen molar-refractivity contribution in [1.82, 2.24) is 9.55 Å². The summed E-state index contributed by atoms with van der Waals surface area (Å²) in [6.45, 7) is 1.52. The summed E-state index contributed by atoms with van der Waals surface area (Å²) < 4.78 is 20.1. The van der Waals surface area contributed by atoms with Gasteiger partial charge in [0.25, 0.3) is 5.56 Å². The lowest BCUT2D eigenvalue weighted by Gasteiger charge is -2.37. The SMILES string of the molecule is Cc1cn([C@H]2C[C@H](OC(=O)CCC(=O)O)[C@@H](COC(c3ccccc3)(c3ccccc3)c3ccccc3)O2)c(=O)[nH]c1=O. The second-order valence-electron chi connectivity index (χ2n) is 10.4. The molecule has 1 aliphatic heterocycles. The van der Waals surface area contributed by atoms with Gasteiger partial charge in [0.1, 0.15) is 24.0 Å². The summed E-state index contributed by atoms with van der Waals surface area (Å²) in [5.74, 6) is -1.82. The number of ether oxygens (including phenoxy) is 3. The number of aromatic amines is 1. The minimum Gasteiger partial charge on any atom is -0.481 e. The molecule has 0 unspecified atom stereocenters. The molecule has 0 radical (unpaired) electrons. The zero-order chi connectivity index (χ0) is 30.4. The Morgan fingerprint density at radius 1 is 0.907 bits per heavy atom. The van der Waals surface area contributed by atoms with Gasteiger partial charge in [0.15, 0.2) is 0 Å². The zero-order valence-electron chi connectivity index (χ0n) is 23.6. The third kappa shape index (κ3) is 6.50. The molecule has 0 bridgehead atoms. The maximum absolute atomic E-state index is 12.7. The fraction of sp³-hybridized carbons (Fsp3) is 0.273. The molecule has 1 saturated heterocycles. The number of hydrogen-bond acceptors (Lipinski definition) is 7. The number of aryl methyl sites for hydroxylation is 1. The average Bonchev–Trinajstić information content (AvgIpc) is 3.41. The molecule has 3 aromatic carbocycles. The summed E-state index contributed by atoms with van der Waals surface area (Å²) in [5.41, 5.74) is 0.668. The van der Waals surface area contributed by atoms with Crippen LogP contribution in [0.5, 0.6) is 0 Å². The van der Waals surface area contributed by atoms with Crippen molar-refractivity contribution in [3.05, 3.63) is 140 Å². The Hall–Kier alpha value is -4.80. The molecule has 1 aromatic heterocycles. The second-order valence-corrected chi connectivity index (χ2v) is 10.4. The van der Waals surface area contributed by atoms with Crippen LogP contribution in [-0.4, -0.2) is 45.4 Å². The van der Waals surface area contributed by atoms with E-state index in [0.717, 1.165) is 16.7 Å². The Kier molecular flexibility index (Phi) is 8.98. The number of aliphatic carboxylic acids is 1. The average molecular weight is 585 g/mol. The highest BCUT2D eigenvalue weighted by Crippen LogP contribution is 2.42. The molecule has 5 rings (SSSR count). The molecule has 1 aliphatic rings. The van der Waals surface area contributed by atoms with E-state index in [4.69, 9.17) is 19.3 Å². The van der Waals surface area contributed by atoms with Crippen molar-refractivity contribution < 1.29 is 28.9 Å². The number of carbonyl (C=O) groups is 2. The van der Waals surface area contributed by atoms with Crippen LogP contribution in [0.2, 0.25) is 0 Å². The van der Waals surface area contributed by atoms with E-state index in [1.165, 1.54) is 10.8 Å². The number of hydrogen-bond donors (Lipinski definition) is 2. The highest BCUT2D eigenvalue weighted by Gasteiger charge is 2.43. The van der Waals surface area contributed by atoms with Gasteiger partial charge in [0.05, 0.1) is 19.4 Å². The van der Waals surface area contributed by atoms with Crippen LogP contribution in [0.4, 0.5) is 0 Å². The van der Waals surface area contributed by atoms with Crippen LogP contribution in [-0.2, 0) is 29.4 Å². The number of rotatable bonds is 11. The molecule has 0 spiro atoms. The van der Waals surface area contributed by atoms with Crippen LogP contribution in [0.25, 0.3) is 0 Å². The van der Waals surface area contributed by atoms with E-state index in [0.29, 0.717) is 5.56 Å². The second kappa shape index (κ2) is 13.0. The van der Waals surface area contributed by atoms with Gasteiger partial charge in [0.2, 0.25) is 0 Å². The molecule has 0 amide bonds. The van der Waals surface area contributed by atoms with Gasteiger partial charge in [-0.2, -0.15) is 0 Å². The topological polar surface area (TPSA) is 137 Å². The van der Waals surface area contributed by atoms with Crippen molar-refractivity contribution in [2.45, 2.75) is 50.2 Å². The van der Waals surface area contributed by atoms with Gasteiger partial charge in [-0.3, -0.25) is 23.9 Å². The number of H-pyrrole nitrogens is 1. The summed E-state index contributed by atoms with van der Waals surface area (Å²) in [6.07, 6.45) is -1.75. The van der Waals surface area contributed by atoms with Crippen molar-refractivity contribution >= 4 is 11.9 Å². The van der Waals surface area contributed by atoms with E-state index < -0.39 is 47.2 Å². The smallest absolute Gasteiger partial charge is 0.330 e. The molecule has 3 atom stereocenters. The monoisotopic (exact) mass is 584 g/mol. The summed E-state index contributed by atoms with van der Waals surface area (Å²) >= 11 is 0. The minimum absolute atomic E-state index is 0.0524. The van der Waals surface area contributed by atoms with Gasteiger partial charge < -0.3 is 19.3 Å². The maximum atomic E-state index is 12.7. The van der Waals surface area contributed by atoms with Crippen molar-refractivity contribution in [3.63, 3.8) is 0 Å². The number of nitrogens with zero attached hydrogens (tertiary/aromatic N) is 1. The normalized spacial score (nSPS) is 18.3. The molecule has 43 heavy (non-hydrogen) atoms. The summed E-state index contributed by atoms with van der Waals surface area (Å²) in [4.78, 5) is 50.6. The molecular weight excluding hydrogens is 552 g/mol. The minimum atomic E-state index is -1.12. The number of carboxylic acids is 1. The highest BCUT2D eigenvalue weighted by molar-refractivity contribution is 5.76. The van der Waals surface area contributed by atoms with Crippen LogP contribution in [0, 0.1) is 6.92 Å². The number of nitrogens with one attached hydrogen (secondary N) is 1. The van der Waals surface area contributed by atoms with E-state index in [1.807, 2.05) is 91.0 Å². The fourth-order valence-electron chi connectivity index (χ4n) is 5.36. The lowest BCUT2D eigenvalue weighted by atomic mass is 9.80. The third-order valence-electron chi connectivity index (χ3n) is 7.47. The van der Waals surface area contributed by atoms with Gasteiger partial charge in [-0.25, -0.2) is 4.79 Å². The molecular formula is C33H32N2O8. The summed E-state index contributed by atoms with van der Waals surface area (Å²) in [5, 5.41) is 9.02. The third-order valence-corrected chi connectivity index (χ3v) is 7.47. The van der Waals surface area contributed by atoms with E-state index in [2.05, 4.69) is 4.98 Å². The van der Waals surface area contributed by atoms with Gasteiger partial charge in [-0.05, 0) is 23.6 Å². The van der Waals surface area contributed by atoms with Gasteiger partial charge in [0, 0.05) is 18.2 Å². The number of aromatic nitrogens is 2. The van der Waals surface area contributed by atoms with Gasteiger partial charge in [-0.1, -0.05) is 91.0 Å². The molecule has 10 nitrogen and oxygen atoms in total. The molecule has 0 aliphatic carbocycles. The quantitative estimate of drug-likeness (QED) is 0.200. The first-order chi connectivity index (χ1) is 20.8. The lowest BCUT2D eigenvalue weighted by Crippen LogP contribution is -2.39. The van der Waals surface area contributed by atoms with Crippen LogP contribution in [0.15, 0.2) is 107 Å². The van der Waals surface area contributed by atoms with Crippen LogP contribution >= 0.6 is 0 Å². The Labute approximate surface area is 247 Å². The van der Waals surface area contributed by atoms with Gasteiger partial charge >= 0.3 is 17.6 Å². The van der Waals surface area contributed by atoms with E-state index in [9.17, 15) is 19.2 Å². The standard InChI is InChI=1S/C33H32N2O8/c1-22-20-35(32(40)34-31(22)39)28-19-26(43-30(38)18-17-29(36)37)27(42-28)21-41-33(23-11-5-2-6-12-23,24-13-7-3-8-14-24)25-15-9-4-10-16-25/h2-16,20,26-28H,17-19,21H2,1H3,(H,36,37)(H,34,39,40)/t26-,27+,28+/m0/s1. The Morgan fingerprint density at radius 2 is 1.44 bits per heavy atom. The van der Waals surface area contributed by atoms with Gasteiger partial charge in [-0.15, -0.1) is 0 Å². The Balaban J connectivity index is 1.52. The van der Waals surface area contributed by atoms with E-state index >= 15 is 0 Å². The number of benzene rings is 3. The van der Waals surface area contributed by atoms with Crippen LogP contribution in [0.1, 0.15) is 47.7 Å². The largest absolute Gasteiger partial charge is 0.481 e. The zero-order valence-corrected chi connectivity index (χ0v) is 23.6. The Morgan fingerprint density at radius 3 is 1.95 bits per heavy atom. The van der Waals surface area contributed by atoms with Crippen molar-refractivity contribution in [1.29, 1.82) is 0 Å². The number of esters is 1. The lowest BCUT2D eigenvalue weighted by molar-refractivity contribution is -0.157. The van der Waals surface area contributed by atoms with Crippen molar-refractivity contribution in [2.24, 2.45) is 0 Å². The number of carboxylic acid groups (broad SMARTS) is 1. The maximum Gasteiger partial charge on any atom is 0.330 e. The summed E-state index contributed by atoms with van der Waals surface area (Å²) in [6, 6.07) is 29.2. The molecule has 1 fully saturated rings. The Bertz CT molecular complexity index is 1570. The molecule has 2 heterocycles. The van der Waals surface area contributed by atoms with Crippen LogP contribution < -0.4 is 11.2 Å². The predicted octanol–water partition coefficient (Wildman–Crippen LogP) is 3.92. The number of carbonyl (C=O) groups excluding carboxylic acids is 1. The molecule has 222 valence electrons.